The maximum absolute atomic E-state index is 13.3. The molecule has 1 aliphatic rings. The molecule has 1 aromatic rings. The first-order chi connectivity index (χ1) is 12.7. The van der Waals surface area contributed by atoms with E-state index in [0.29, 0.717) is 6.54 Å². The summed E-state index contributed by atoms with van der Waals surface area (Å²) in [5.74, 6) is -0.760. The van der Waals surface area contributed by atoms with Crippen molar-refractivity contribution in [2.75, 3.05) is 23.8 Å². The second-order valence-corrected chi connectivity index (χ2v) is 7.68. The number of nitrogens with zero attached hydrogens (tertiary/aromatic N) is 2. The van der Waals surface area contributed by atoms with E-state index in [2.05, 4.69) is 20.6 Å². The van der Waals surface area contributed by atoms with Crippen LogP contribution >= 0.6 is 22.6 Å². The number of halogens is 4. The number of aliphatic hydroxyl groups excluding tert-OH is 3. The summed E-state index contributed by atoms with van der Waals surface area (Å²) in [5, 5.41) is 34.8. The fourth-order valence-electron chi connectivity index (χ4n) is 3.01. The van der Waals surface area contributed by atoms with Gasteiger partial charge in [0.1, 0.15) is 11.9 Å². The molecule has 27 heavy (non-hydrogen) atoms. The van der Waals surface area contributed by atoms with Gasteiger partial charge in [0.15, 0.2) is 5.69 Å². The molecule has 0 bridgehead atoms. The summed E-state index contributed by atoms with van der Waals surface area (Å²) < 4.78 is 39.8. The van der Waals surface area contributed by atoms with E-state index < -0.39 is 36.0 Å². The highest BCUT2D eigenvalue weighted by Gasteiger charge is 2.42. The summed E-state index contributed by atoms with van der Waals surface area (Å²) >= 11 is 1.52. The van der Waals surface area contributed by atoms with Crippen LogP contribution in [0.3, 0.4) is 0 Å². The molecule has 7 nitrogen and oxygen atoms in total. The zero-order valence-electron chi connectivity index (χ0n) is 14.8. The predicted octanol–water partition coefficient (Wildman–Crippen LogP) is 2.22. The molecule has 0 spiro atoms. The minimum absolute atomic E-state index is 0.0641. The van der Waals surface area contributed by atoms with Gasteiger partial charge in [-0.1, -0.05) is 19.8 Å². The smallest absolute Gasteiger partial charge is 0.396 e. The number of rotatable bonds is 8. The highest BCUT2D eigenvalue weighted by atomic mass is 127. The van der Waals surface area contributed by atoms with E-state index in [1.165, 1.54) is 22.6 Å². The second kappa shape index (κ2) is 9.52. The maximum Gasteiger partial charge on any atom is 0.434 e. The molecule has 5 N–H and O–H groups in total. The Bertz CT molecular complexity index is 636. The molecule has 0 aliphatic heterocycles. The van der Waals surface area contributed by atoms with Crippen LogP contribution in [-0.2, 0) is 6.18 Å². The molecular weight excluding hydrogens is 480 g/mol. The maximum atomic E-state index is 13.3. The van der Waals surface area contributed by atoms with Crippen LogP contribution in [0, 0.1) is 9.49 Å². The van der Waals surface area contributed by atoms with E-state index in [4.69, 9.17) is 0 Å². The summed E-state index contributed by atoms with van der Waals surface area (Å²) in [6.07, 6.45) is -4.13. The molecule has 0 aromatic carbocycles. The number of aliphatic hydroxyl groups is 3. The first kappa shape index (κ1) is 22.4. The predicted molar refractivity (Wildman–Crippen MR) is 102 cm³/mol. The van der Waals surface area contributed by atoms with Gasteiger partial charge < -0.3 is 26.0 Å². The van der Waals surface area contributed by atoms with Crippen LogP contribution in [0.4, 0.5) is 24.9 Å². The van der Waals surface area contributed by atoms with E-state index in [9.17, 15) is 28.5 Å². The number of hydrogen-bond donors (Lipinski definition) is 5. The molecule has 154 valence electrons. The summed E-state index contributed by atoms with van der Waals surface area (Å²) in [4.78, 5) is 7.72. The van der Waals surface area contributed by atoms with Gasteiger partial charge >= 0.3 is 6.18 Å². The molecule has 0 saturated heterocycles. The third kappa shape index (κ3) is 5.55. The molecule has 4 atom stereocenters. The Labute approximate surface area is 168 Å². The number of nitrogens with one attached hydrogen (secondary N) is 2. The van der Waals surface area contributed by atoms with Crippen LogP contribution in [0.25, 0.3) is 0 Å². The molecule has 2 rings (SSSR count). The fraction of sp³-hybridized carbons (Fsp3) is 0.750. The summed E-state index contributed by atoms with van der Waals surface area (Å²) in [6, 6.07) is -0.727. The third-order valence-corrected chi connectivity index (χ3v) is 5.56. The second-order valence-electron chi connectivity index (χ2n) is 6.60. The van der Waals surface area contributed by atoms with Crippen molar-refractivity contribution in [2.45, 2.75) is 57.0 Å². The van der Waals surface area contributed by atoms with Crippen molar-refractivity contribution in [2.24, 2.45) is 5.92 Å². The van der Waals surface area contributed by atoms with Crippen LogP contribution in [0.2, 0.25) is 0 Å². The van der Waals surface area contributed by atoms with Crippen LogP contribution in [0.15, 0.2) is 0 Å². The molecule has 1 aliphatic carbocycles. The summed E-state index contributed by atoms with van der Waals surface area (Å²) in [7, 11) is 0. The van der Waals surface area contributed by atoms with E-state index in [0.717, 1.165) is 19.3 Å². The van der Waals surface area contributed by atoms with Crippen molar-refractivity contribution >= 4 is 34.4 Å². The molecule has 0 unspecified atom stereocenters. The molecule has 11 heteroatoms. The lowest BCUT2D eigenvalue weighted by molar-refractivity contribution is -0.141. The molecule has 0 amide bonds. The first-order valence-corrected chi connectivity index (χ1v) is 9.89. The minimum Gasteiger partial charge on any atom is -0.396 e. The van der Waals surface area contributed by atoms with Crippen LogP contribution in [-0.4, -0.2) is 56.7 Å². The van der Waals surface area contributed by atoms with Crippen molar-refractivity contribution in [1.29, 1.82) is 0 Å². The lowest BCUT2D eigenvalue weighted by Gasteiger charge is -2.21. The third-order valence-electron chi connectivity index (χ3n) is 4.54. The highest BCUT2D eigenvalue weighted by molar-refractivity contribution is 14.1. The Morgan fingerprint density at radius 1 is 1.19 bits per heavy atom. The molecular formula is C16H24F3IN4O3. The normalized spacial score (nSPS) is 25.6. The van der Waals surface area contributed by atoms with Gasteiger partial charge in [-0.25, -0.2) is 4.98 Å². The average molecular weight is 504 g/mol. The van der Waals surface area contributed by atoms with Gasteiger partial charge in [-0.05, 0) is 35.4 Å². The Morgan fingerprint density at radius 3 is 2.44 bits per heavy atom. The average Bonchev–Trinajstić information content (AvgIpc) is 2.88. The zero-order chi connectivity index (χ0) is 20.2. The van der Waals surface area contributed by atoms with Crippen LogP contribution < -0.4 is 10.6 Å². The van der Waals surface area contributed by atoms with Crippen LogP contribution in [0.5, 0.6) is 0 Å². The quantitative estimate of drug-likeness (QED) is 0.273. The highest BCUT2D eigenvalue weighted by Crippen LogP contribution is 2.36. The van der Waals surface area contributed by atoms with Gasteiger partial charge in [-0.2, -0.15) is 18.2 Å². The van der Waals surface area contributed by atoms with Crippen molar-refractivity contribution in [3.8, 4) is 0 Å². The number of unbranched alkanes of at least 4 members (excludes halogenated alkanes) is 2. The van der Waals surface area contributed by atoms with Crippen LogP contribution in [0.1, 0.15) is 38.3 Å². The van der Waals surface area contributed by atoms with E-state index in [1.807, 2.05) is 6.92 Å². The molecule has 1 heterocycles. The van der Waals surface area contributed by atoms with Gasteiger partial charge in [0.25, 0.3) is 0 Å². The van der Waals surface area contributed by atoms with Crippen molar-refractivity contribution < 1.29 is 28.5 Å². The molecule has 0 radical (unpaired) electrons. The fourth-order valence-corrected chi connectivity index (χ4v) is 3.71. The Kier molecular flexibility index (Phi) is 7.89. The topological polar surface area (TPSA) is 111 Å². The zero-order valence-corrected chi connectivity index (χ0v) is 17.0. The van der Waals surface area contributed by atoms with Gasteiger partial charge in [-0.3, -0.25) is 0 Å². The SMILES string of the molecule is CCCCCNc1nc(N[C@@H]2C[C@H](CO)[C@@H](O)[C@H]2O)c(I)c(C(F)(F)F)n1. The molecule has 1 saturated carbocycles. The molecule has 1 fully saturated rings. The van der Waals surface area contributed by atoms with E-state index in [1.54, 1.807) is 0 Å². The summed E-state index contributed by atoms with van der Waals surface area (Å²) in [5.41, 5.74) is -1.06. The van der Waals surface area contributed by atoms with E-state index >= 15 is 0 Å². The Hall–Kier alpha value is -0.920. The van der Waals surface area contributed by atoms with Gasteiger partial charge in [0.05, 0.1) is 15.7 Å². The lowest BCUT2D eigenvalue weighted by atomic mass is 10.1. The van der Waals surface area contributed by atoms with Crippen molar-refractivity contribution in [3.05, 3.63) is 9.26 Å². The minimum atomic E-state index is -4.66. The van der Waals surface area contributed by atoms with Crippen molar-refractivity contribution in [3.63, 3.8) is 0 Å². The molecule has 1 aromatic heterocycles. The van der Waals surface area contributed by atoms with Gasteiger partial charge in [0, 0.05) is 19.1 Å². The van der Waals surface area contributed by atoms with Gasteiger partial charge in [-0.15, -0.1) is 0 Å². The first-order valence-electron chi connectivity index (χ1n) is 8.81. The van der Waals surface area contributed by atoms with E-state index in [-0.39, 0.29) is 28.4 Å². The Morgan fingerprint density at radius 2 is 1.89 bits per heavy atom. The number of hydrogen-bond acceptors (Lipinski definition) is 7. The summed E-state index contributed by atoms with van der Waals surface area (Å²) in [6.45, 7) is 2.14. The standard InChI is InChI=1S/C16H24F3IN4O3/c1-2-3-4-5-21-15-23-13(16(17,18)19)10(20)14(24-15)22-9-6-8(7-25)11(26)12(9)27/h8-9,11-12,25-27H,2-7H2,1H3,(H2,21,22,23,24)/t8-,9-,11-,12+/m1/s1. The monoisotopic (exact) mass is 504 g/mol. The number of aromatic nitrogens is 2. The van der Waals surface area contributed by atoms with Crippen molar-refractivity contribution in [1.82, 2.24) is 9.97 Å². The number of anilines is 2. The largest absolute Gasteiger partial charge is 0.434 e. The lowest BCUT2D eigenvalue weighted by Crippen LogP contribution is -2.36. The Balaban J connectivity index is 2.25. The number of alkyl halides is 3. The van der Waals surface area contributed by atoms with Gasteiger partial charge in [0.2, 0.25) is 5.95 Å².